The Labute approximate surface area is 118 Å². The largest absolute Gasteiger partial charge is 0.288 e. The van der Waals surface area contributed by atoms with Crippen LogP contribution in [0.1, 0.15) is 0 Å². The van der Waals surface area contributed by atoms with Crippen LogP contribution < -0.4 is 0 Å². The first kappa shape index (κ1) is 15.2. The Morgan fingerprint density at radius 1 is 0.905 bits per heavy atom. The minimum atomic E-state index is -2.02. The van der Waals surface area contributed by atoms with Crippen molar-refractivity contribution < 1.29 is 26.9 Å². The molecule has 0 saturated carbocycles. The SMILES string of the molecule is O=[N+]([O-])c1cc(-c2c(F)cc(F)c(F)c2F)c(F)cc1Cl. The molecule has 0 aliphatic carbocycles. The number of nitro benzene ring substituents is 1. The molecule has 0 heterocycles. The van der Waals surface area contributed by atoms with Gasteiger partial charge in [-0.25, -0.2) is 22.0 Å². The molecule has 0 aromatic heterocycles. The van der Waals surface area contributed by atoms with Gasteiger partial charge >= 0.3 is 0 Å². The third-order valence-electron chi connectivity index (χ3n) is 2.62. The number of rotatable bonds is 2. The summed E-state index contributed by atoms with van der Waals surface area (Å²) in [4.78, 5) is 9.67. The summed E-state index contributed by atoms with van der Waals surface area (Å²) in [5, 5.41) is 10.1. The number of hydrogen-bond donors (Lipinski definition) is 0. The second kappa shape index (κ2) is 5.28. The van der Waals surface area contributed by atoms with Gasteiger partial charge in [0.25, 0.3) is 5.69 Å². The molecule has 2 rings (SSSR count). The Bertz CT molecular complexity index is 766. The van der Waals surface area contributed by atoms with Crippen LogP contribution in [0.3, 0.4) is 0 Å². The topological polar surface area (TPSA) is 43.1 Å². The second-order valence-electron chi connectivity index (χ2n) is 3.88. The van der Waals surface area contributed by atoms with E-state index < -0.39 is 55.8 Å². The maximum atomic E-state index is 13.7. The highest BCUT2D eigenvalue weighted by atomic mass is 35.5. The molecular weight excluding hydrogens is 321 g/mol. The van der Waals surface area contributed by atoms with Crippen molar-refractivity contribution in [2.75, 3.05) is 0 Å². The first-order valence-electron chi connectivity index (χ1n) is 5.20. The van der Waals surface area contributed by atoms with Crippen molar-refractivity contribution in [2.24, 2.45) is 0 Å². The monoisotopic (exact) mass is 323 g/mol. The summed E-state index contributed by atoms with van der Waals surface area (Å²) >= 11 is 5.42. The zero-order chi connectivity index (χ0) is 15.9. The van der Waals surface area contributed by atoms with E-state index in [-0.39, 0.29) is 6.07 Å². The maximum absolute atomic E-state index is 13.7. The molecule has 0 N–H and O–H groups in total. The normalized spacial score (nSPS) is 10.8. The molecule has 2 aromatic carbocycles. The summed E-state index contributed by atoms with van der Waals surface area (Å²) < 4.78 is 66.8. The van der Waals surface area contributed by atoms with Gasteiger partial charge in [-0.3, -0.25) is 10.1 Å². The highest BCUT2D eigenvalue weighted by Crippen LogP contribution is 2.36. The van der Waals surface area contributed by atoms with E-state index in [2.05, 4.69) is 0 Å². The number of benzene rings is 2. The highest BCUT2D eigenvalue weighted by Gasteiger charge is 2.25. The summed E-state index contributed by atoms with van der Waals surface area (Å²) in [5.74, 6) is -8.76. The quantitative estimate of drug-likeness (QED) is 0.266. The van der Waals surface area contributed by atoms with E-state index in [0.29, 0.717) is 12.1 Å². The molecule has 0 radical (unpaired) electrons. The molecule has 0 aliphatic rings. The molecule has 0 atom stereocenters. The van der Waals surface area contributed by atoms with E-state index in [0.717, 1.165) is 0 Å². The Kier molecular flexibility index (Phi) is 3.82. The Balaban J connectivity index is 2.82. The van der Waals surface area contributed by atoms with E-state index >= 15 is 0 Å². The van der Waals surface area contributed by atoms with Crippen LogP contribution in [0.4, 0.5) is 27.6 Å². The molecule has 0 unspecified atom stereocenters. The Hall–Kier alpha value is -2.22. The Morgan fingerprint density at radius 3 is 2.10 bits per heavy atom. The van der Waals surface area contributed by atoms with Gasteiger partial charge < -0.3 is 0 Å². The fraction of sp³-hybridized carbons (Fsp3) is 0. The molecule has 0 aliphatic heterocycles. The lowest BCUT2D eigenvalue weighted by atomic mass is 10.0. The summed E-state index contributed by atoms with van der Waals surface area (Å²) in [7, 11) is 0. The van der Waals surface area contributed by atoms with Crippen molar-refractivity contribution in [3.8, 4) is 11.1 Å². The predicted octanol–water partition coefficient (Wildman–Crippen LogP) is 4.61. The summed E-state index contributed by atoms with van der Waals surface area (Å²) in [6, 6.07) is 0.902. The number of hydrogen-bond acceptors (Lipinski definition) is 2. The molecule has 110 valence electrons. The predicted molar refractivity (Wildman–Crippen MR) is 63.3 cm³/mol. The lowest BCUT2D eigenvalue weighted by molar-refractivity contribution is -0.384. The van der Waals surface area contributed by atoms with Gasteiger partial charge in [0.1, 0.15) is 16.7 Å². The summed E-state index contributed by atoms with van der Waals surface area (Å²) in [6.07, 6.45) is 0. The van der Waals surface area contributed by atoms with E-state index in [4.69, 9.17) is 11.6 Å². The van der Waals surface area contributed by atoms with Gasteiger partial charge in [-0.2, -0.15) is 0 Å². The first-order valence-corrected chi connectivity index (χ1v) is 5.58. The molecule has 0 saturated heterocycles. The lowest BCUT2D eigenvalue weighted by Gasteiger charge is -2.08. The maximum Gasteiger partial charge on any atom is 0.288 e. The van der Waals surface area contributed by atoms with Crippen molar-refractivity contribution in [1.82, 2.24) is 0 Å². The Morgan fingerprint density at radius 2 is 1.52 bits per heavy atom. The molecular formula is C12H3ClF5NO2. The van der Waals surface area contributed by atoms with Gasteiger partial charge in [0.05, 0.1) is 10.5 Å². The molecule has 0 fully saturated rings. The molecule has 0 spiro atoms. The minimum absolute atomic E-state index is 0.00757. The minimum Gasteiger partial charge on any atom is -0.258 e. The lowest BCUT2D eigenvalue weighted by Crippen LogP contribution is -2.01. The van der Waals surface area contributed by atoms with Gasteiger partial charge in [0.15, 0.2) is 17.5 Å². The van der Waals surface area contributed by atoms with Gasteiger partial charge in [-0.05, 0) is 0 Å². The summed E-state index contributed by atoms with van der Waals surface area (Å²) in [6.45, 7) is 0. The zero-order valence-corrected chi connectivity index (χ0v) is 10.5. The number of halogens is 6. The van der Waals surface area contributed by atoms with Crippen molar-refractivity contribution in [1.29, 1.82) is 0 Å². The van der Waals surface area contributed by atoms with Crippen LogP contribution in [0, 0.1) is 39.2 Å². The van der Waals surface area contributed by atoms with E-state index in [1.165, 1.54) is 0 Å². The third-order valence-corrected chi connectivity index (χ3v) is 2.92. The molecule has 0 amide bonds. The fourth-order valence-corrected chi connectivity index (χ4v) is 1.90. The van der Waals surface area contributed by atoms with Gasteiger partial charge in [0.2, 0.25) is 0 Å². The van der Waals surface area contributed by atoms with Crippen LogP contribution >= 0.6 is 11.6 Å². The highest BCUT2D eigenvalue weighted by molar-refractivity contribution is 6.32. The van der Waals surface area contributed by atoms with Crippen LogP contribution in [-0.4, -0.2) is 4.92 Å². The fourth-order valence-electron chi connectivity index (χ4n) is 1.68. The standard InChI is InChI=1S/C12H3ClF5NO2/c13-5-2-6(14)4(1-9(5)19(20)21)10-7(15)3-8(16)11(17)12(10)18/h1-3H. The smallest absolute Gasteiger partial charge is 0.258 e. The van der Waals surface area contributed by atoms with Gasteiger partial charge in [-0.1, -0.05) is 11.6 Å². The van der Waals surface area contributed by atoms with Crippen LogP contribution in [0.5, 0.6) is 0 Å². The molecule has 3 nitrogen and oxygen atoms in total. The number of nitro groups is 1. The van der Waals surface area contributed by atoms with E-state index in [1.54, 1.807) is 0 Å². The third kappa shape index (κ3) is 2.54. The molecule has 2 aromatic rings. The molecule has 9 heteroatoms. The summed E-state index contributed by atoms with van der Waals surface area (Å²) in [5.41, 5.74) is -3.04. The average molecular weight is 324 g/mol. The molecule has 21 heavy (non-hydrogen) atoms. The van der Waals surface area contributed by atoms with Gasteiger partial charge in [-0.15, -0.1) is 0 Å². The zero-order valence-electron chi connectivity index (χ0n) is 9.76. The van der Waals surface area contributed by atoms with Crippen LogP contribution in [-0.2, 0) is 0 Å². The van der Waals surface area contributed by atoms with E-state index in [1.807, 2.05) is 0 Å². The first-order chi connectivity index (χ1) is 9.73. The van der Waals surface area contributed by atoms with Crippen LogP contribution in [0.15, 0.2) is 18.2 Å². The van der Waals surface area contributed by atoms with Crippen LogP contribution in [0.25, 0.3) is 11.1 Å². The van der Waals surface area contributed by atoms with Crippen molar-refractivity contribution in [2.45, 2.75) is 0 Å². The average Bonchev–Trinajstić information content (AvgIpc) is 2.38. The van der Waals surface area contributed by atoms with Crippen molar-refractivity contribution in [3.05, 3.63) is 62.4 Å². The van der Waals surface area contributed by atoms with Gasteiger partial charge in [0, 0.05) is 23.8 Å². The second-order valence-corrected chi connectivity index (χ2v) is 4.29. The van der Waals surface area contributed by atoms with Crippen molar-refractivity contribution in [3.63, 3.8) is 0 Å². The van der Waals surface area contributed by atoms with Crippen molar-refractivity contribution >= 4 is 17.3 Å². The molecule has 0 bridgehead atoms. The van der Waals surface area contributed by atoms with E-state index in [9.17, 15) is 32.1 Å². The van der Waals surface area contributed by atoms with Crippen LogP contribution in [0.2, 0.25) is 5.02 Å². The number of nitrogens with zero attached hydrogens (tertiary/aromatic N) is 1.